The molecule has 1 aromatic heterocycles. The molecule has 1 heterocycles. The van der Waals surface area contributed by atoms with E-state index in [4.69, 9.17) is 28.9 Å². The minimum Gasteiger partial charge on any atom is -0.368 e. The highest BCUT2D eigenvalue weighted by Crippen LogP contribution is 2.35. The third-order valence-electron chi connectivity index (χ3n) is 2.74. The lowest BCUT2D eigenvalue weighted by Crippen LogP contribution is -2.00. The number of anilines is 1. The molecule has 0 fully saturated rings. The van der Waals surface area contributed by atoms with E-state index in [0.29, 0.717) is 10.7 Å². The average Bonchev–Trinajstić information content (AvgIpc) is 2.23. The van der Waals surface area contributed by atoms with Crippen molar-refractivity contribution in [2.45, 2.75) is 20.8 Å². The van der Waals surface area contributed by atoms with E-state index in [-0.39, 0.29) is 17.3 Å². The first kappa shape index (κ1) is 15.7. The number of nitrogens with two attached hydrogens (primary N) is 1. The topological polar surface area (TPSA) is 86.8 Å². The molecular weight excluding hydrogens is 283 g/mol. The number of hydrogen-bond acceptors (Lipinski definition) is 4. The number of aromatic nitrogens is 2. The van der Waals surface area contributed by atoms with Crippen LogP contribution in [0.3, 0.4) is 0 Å². The van der Waals surface area contributed by atoms with Crippen molar-refractivity contribution < 1.29 is 0 Å². The zero-order valence-corrected chi connectivity index (χ0v) is 12.6. The number of nitrogen functional groups attached to an aromatic ring is 1. The lowest BCUT2D eigenvalue weighted by atomic mass is 9.97. The standard InChI is InChI=1S/C13H13Cl2N3.H3N/c1-6-4-7(2)9(8(3)5-6)11-10(14)12(15)18-13(16)17-11;/h4-5H,1-3H3,(H2,16,17,18);1H3. The first-order valence-electron chi connectivity index (χ1n) is 5.47. The van der Waals surface area contributed by atoms with Crippen LogP contribution < -0.4 is 11.9 Å². The maximum atomic E-state index is 6.17. The Hall–Kier alpha value is -1.36. The van der Waals surface area contributed by atoms with Crippen LogP contribution in [0.5, 0.6) is 0 Å². The third kappa shape index (κ3) is 2.97. The Labute approximate surface area is 122 Å². The normalized spacial score (nSPS) is 10.2. The molecule has 1 aromatic carbocycles. The highest BCUT2D eigenvalue weighted by atomic mass is 35.5. The summed E-state index contributed by atoms with van der Waals surface area (Å²) in [6.07, 6.45) is 0. The lowest BCUT2D eigenvalue weighted by Gasteiger charge is -2.13. The molecule has 102 valence electrons. The molecule has 0 amide bonds. The molecule has 0 aliphatic heterocycles. The van der Waals surface area contributed by atoms with Crippen LogP contribution in [0.4, 0.5) is 5.95 Å². The van der Waals surface area contributed by atoms with Crippen molar-refractivity contribution in [1.29, 1.82) is 0 Å². The zero-order valence-electron chi connectivity index (χ0n) is 11.1. The molecule has 0 spiro atoms. The monoisotopic (exact) mass is 298 g/mol. The quantitative estimate of drug-likeness (QED) is 0.775. The molecule has 5 N–H and O–H groups in total. The summed E-state index contributed by atoms with van der Waals surface area (Å²) < 4.78 is 0. The molecule has 4 nitrogen and oxygen atoms in total. The van der Waals surface area contributed by atoms with Gasteiger partial charge in [-0.2, -0.15) is 4.98 Å². The molecule has 0 aliphatic carbocycles. The fourth-order valence-electron chi connectivity index (χ4n) is 2.16. The molecule has 6 heteroatoms. The van der Waals surface area contributed by atoms with Crippen molar-refractivity contribution in [3.8, 4) is 11.3 Å². The van der Waals surface area contributed by atoms with E-state index in [1.165, 1.54) is 5.56 Å². The predicted octanol–water partition coefficient (Wildman–Crippen LogP) is 4.12. The fourth-order valence-corrected chi connectivity index (χ4v) is 2.51. The smallest absolute Gasteiger partial charge is 0.222 e. The van der Waals surface area contributed by atoms with E-state index >= 15 is 0 Å². The largest absolute Gasteiger partial charge is 0.368 e. The van der Waals surface area contributed by atoms with Gasteiger partial charge in [-0.3, -0.25) is 0 Å². The van der Waals surface area contributed by atoms with Gasteiger partial charge in [-0.05, 0) is 31.9 Å². The van der Waals surface area contributed by atoms with Crippen molar-refractivity contribution in [1.82, 2.24) is 16.1 Å². The van der Waals surface area contributed by atoms with Crippen LogP contribution in [0.25, 0.3) is 11.3 Å². The summed E-state index contributed by atoms with van der Waals surface area (Å²) in [6.45, 7) is 6.07. The van der Waals surface area contributed by atoms with E-state index in [1.54, 1.807) is 0 Å². The minimum atomic E-state index is 0. The molecule has 0 unspecified atom stereocenters. The Morgan fingerprint density at radius 3 is 2.05 bits per heavy atom. The van der Waals surface area contributed by atoms with Crippen LogP contribution in [0.15, 0.2) is 12.1 Å². The number of hydrogen-bond donors (Lipinski definition) is 2. The molecule has 0 aliphatic rings. The summed E-state index contributed by atoms with van der Waals surface area (Å²) >= 11 is 12.1. The van der Waals surface area contributed by atoms with Gasteiger partial charge < -0.3 is 11.9 Å². The second kappa shape index (κ2) is 5.74. The maximum Gasteiger partial charge on any atom is 0.222 e. The Bertz CT molecular complexity index is 603. The molecule has 0 bridgehead atoms. The highest BCUT2D eigenvalue weighted by molar-refractivity contribution is 6.42. The summed E-state index contributed by atoms with van der Waals surface area (Å²) in [7, 11) is 0. The summed E-state index contributed by atoms with van der Waals surface area (Å²) in [6, 6.07) is 4.15. The van der Waals surface area contributed by atoms with Gasteiger partial charge in [0.05, 0.1) is 5.69 Å². The van der Waals surface area contributed by atoms with Gasteiger partial charge in [0.15, 0.2) is 5.15 Å². The zero-order chi connectivity index (χ0) is 13.4. The molecular formula is C13H16Cl2N4. The van der Waals surface area contributed by atoms with Gasteiger partial charge in [0.1, 0.15) is 5.02 Å². The second-order valence-electron chi connectivity index (χ2n) is 4.31. The van der Waals surface area contributed by atoms with Gasteiger partial charge in [0.25, 0.3) is 0 Å². The maximum absolute atomic E-state index is 6.17. The predicted molar refractivity (Wildman–Crippen MR) is 81.1 cm³/mol. The molecule has 0 saturated carbocycles. The number of aryl methyl sites for hydroxylation is 3. The number of nitrogens with zero attached hydrogens (tertiary/aromatic N) is 2. The van der Waals surface area contributed by atoms with Crippen molar-refractivity contribution in [2.24, 2.45) is 0 Å². The van der Waals surface area contributed by atoms with E-state index in [2.05, 4.69) is 22.1 Å². The minimum absolute atomic E-state index is 0. The summed E-state index contributed by atoms with van der Waals surface area (Å²) in [5, 5.41) is 0.513. The Kier molecular flexibility index (Phi) is 4.74. The molecule has 0 radical (unpaired) electrons. The van der Waals surface area contributed by atoms with Crippen molar-refractivity contribution >= 4 is 29.2 Å². The third-order valence-corrected chi connectivity index (χ3v) is 3.47. The van der Waals surface area contributed by atoms with Gasteiger partial charge in [0, 0.05) is 5.56 Å². The summed E-state index contributed by atoms with van der Waals surface area (Å²) in [4.78, 5) is 8.04. The molecule has 2 aromatic rings. The van der Waals surface area contributed by atoms with Crippen molar-refractivity contribution in [3.63, 3.8) is 0 Å². The number of rotatable bonds is 1. The summed E-state index contributed by atoms with van der Waals surface area (Å²) in [5.74, 6) is 0.124. The van der Waals surface area contributed by atoms with Crippen LogP contribution in [-0.4, -0.2) is 9.97 Å². The van der Waals surface area contributed by atoms with Crippen LogP contribution in [0.1, 0.15) is 16.7 Å². The Balaban J connectivity index is 0.00000180. The van der Waals surface area contributed by atoms with Crippen molar-refractivity contribution in [3.05, 3.63) is 39.0 Å². The Morgan fingerprint density at radius 2 is 1.53 bits per heavy atom. The van der Waals surface area contributed by atoms with Crippen molar-refractivity contribution in [2.75, 3.05) is 5.73 Å². The SMILES string of the molecule is Cc1cc(C)c(-c2nc(N)nc(Cl)c2Cl)c(C)c1.N. The van der Waals surface area contributed by atoms with Gasteiger partial charge in [0.2, 0.25) is 5.95 Å². The van der Waals surface area contributed by atoms with Crippen LogP contribution in [-0.2, 0) is 0 Å². The van der Waals surface area contributed by atoms with E-state index in [1.807, 2.05) is 20.8 Å². The first-order chi connectivity index (χ1) is 8.40. The van der Waals surface area contributed by atoms with Gasteiger partial charge in [-0.15, -0.1) is 0 Å². The van der Waals surface area contributed by atoms with Gasteiger partial charge in [-0.1, -0.05) is 40.9 Å². The van der Waals surface area contributed by atoms with Gasteiger partial charge >= 0.3 is 0 Å². The molecule has 19 heavy (non-hydrogen) atoms. The Morgan fingerprint density at radius 1 is 1.00 bits per heavy atom. The fraction of sp³-hybridized carbons (Fsp3) is 0.231. The second-order valence-corrected chi connectivity index (χ2v) is 5.04. The number of benzene rings is 1. The van der Waals surface area contributed by atoms with E-state index in [9.17, 15) is 0 Å². The van der Waals surface area contributed by atoms with Crippen LogP contribution >= 0.6 is 23.2 Å². The van der Waals surface area contributed by atoms with E-state index in [0.717, 1.165) is 16.7 Å². The molecule has 0 saturated heterocycles. The van der Waals surface area contributed by atoms with Gasteiger partial charge in [-0.25, -0.2) is 4.98 Å². The van der Waals surface area contributed by atoms with E-state index < -0.39 is 0 Å². The van der Waals surface area contributed by atoms with Crippen LogP contribution in [0, 0.1) is 20.8 Å². The number of halogens is 2. The average molecular weight is 299 g/mol. The lowest BCUT2D eigenvalue weighted by molar-refractivity contribution is 1.18. The molecule has 0 atom stereocenters. The molecule has 2 rings (SSSR count). The van der Waals surface area contributed by atoms with Crippen LogP contribution in [0.2, 0.25) is 10.2 Å². The highest BCUT2D eigenvalue weighted by Gasteiger charge is 2.16. The summed E-state index contributed by atoms with van der Waals surface area (Å²) in [5.41, 5.74) is 10.5. The first-order valence-corrected chi connectivity index (χ1v) is 6.22.